The van der Waals surface area contributed by atoms with Crippen molar-refractivity contribution in [3.05, 3.63) is 59.2 Å². The normalized spacial score (nSPS) is 34.0. The van der Waals surface area contributed by atoms with Crippen LogP contribution in [0.2, 0.25) is 0 Å². The Bertz CT molecular complexity index is 1000. The number of aromatic hydroxyl groups is 1. The van der Waals surface area contributed by atoms with Crippen LogP contribution in [0.3, 0.4) is 0 Å². The van der Waals surface area contributed by atoms with Crippen molar-refractivity contribution in [2.75, 3.05) is 13.2 Å². The van der Waals surface area contributed by atoms with E-state index in [4.69, 9.17) is 16.2 Å². The average Bonchev–Trinajstić information content (AvgIpc) is 3.07. The standard InChI is InChI=1S/C26H32N2O3/c1-25-15-21(16-2-5-19(6-3-16)31-13-12-27)24-20-7-4-18(29)14-17(20)10-11-26(24,28)22(25)8-9-23(25)30/h2-7,14,21-22,24,29H,8-13,15,27-28H2,1H3/t21-,22?,24?,25?,26?/m1/s1. The molecule has 4 unspecified atom stereocenters. The number of rotatable bonds is 4. The lowest BCUT2D eigenvalue weighted by Gasteiger charge is -2.58. The van der Waals surface area contributed by atoms with Crippen LogP contribution in [-0.4, -0.2) is 29.6 Å². The first kappa shape index (κ1) is 20.5. The minimum atomic E-state index is -0.428. The Labute approximate surface area is 183 Å². The van der Waals surface area contributed by atoms with Crippen LogP contribution in [0.25, 0.3) is 0 Å². The Hall–Kier alpha value is -2.37. The molecule has 5 N–H and O–H groups in total. The van der Waals surface area contributed by atoms with Gasteiger partial charge in [-0.3, -0.25) is 4.79 Å². The quantitative estimate of drug-likeness (QED) is 0.702. The second-order valence-corrected chi connectivity index (χ2v) is 9.92. The number of ether oxygens (including phenoxy) is 1. The van der Waals surface area contributed by atoms with E-state index in [9.17, 15) is 9.90 Å². The molecule has 2 aromatic carbocycles. The lowest BCUT2D eigenvalue weighted by molar-refractivity contribution is -0.130. The van der Waals surface area contributed by atoms with Gasteiger partial charge in [-0.25, -0.2) is 0 Å². The molecule has 0 aromatic heterocycles. The van der Waals surface area contributed by atoms with Gasteiger partial charge in [0.1, 0.15) is 23.9 Å². The summed E-state index contributed by atoms with van der Waals surface area (Å²) in [5.41, 5.74) is 15.7. The van der Waals surface area contributed by atoms with Gasteiger partial charge in [-0.1, -0.05) is 25.1 Å². The fourth-order valence-electron chi connectivity index (χ4n) is 6.96. The Morgan fingerprint density at radius 3 is 2.68 bits per heavy atom. The van der Waals surface area contributed by atoms with Crippen molar-refractivity contribution >= 4 is 5.78 Å². The smallest absolute Gasteiger partial charge is 0.139 e. The van der Waals surface area contributed by atoms with E-state index in [1.165, 1.54) is 16.7 Å². The van der Waals surface area contributed by atoms with E-state index in [1.807, 2.05) is 18.2 Å². The minimum absolute atomic E-state index is 0.122. The first-order valence-corrected chi connectivity index (χ1v) is 11.4. The van der Waals surface area contributed by atoms with Crippen molar-refractivity contribution in [1.82, 2.24) is 0 Å². The molecule has 3 aliphatic rings. The number of aryl methyl sites for hydroxylation is 1. The molecule has 0 radical (unpaired) electrons. The molecule has 0 heterocycles. The van der Waals surface area contributed by atoms with Gasteiger partial charge in [-0.15, -0.1) is 0 Å². The highest BCUT2D eigenvalue weighted by molar-refractivity contribution is 5.87. The summed E-state index contributed by atoms with van der Waals surface area (Å²) >= 11 is 0. The molecule has 5 atom stereocenters. The number of Topliss-reactive ketones (excluding diaryl/α,β-unsaturated/α-hetero) is 1. The van der Waals surface area contributed by atoms with Crippen molar-refractivity contribution in [1.29, 1.82) is 0 Å². The predicted molar refractivity (Wildman–Crippen MR) is 120 cm³/mol. The summed E-state index contributed by atoms with van der Waals surface area (Å²) in [6, 6.07) is 14.0. The maximum atomic E-state index is 13.1. The van der Waals surface area contributed by atoms with Gasteiger partial charge in [0, 0.05) is 29.8 Å². The maximum Gasteiger partial charge on any atom is 0.139 e. The Balaban J connectivity index is 1.61. The summed E-state index contributed by atoms with van der Waals surface area (Å²) in [6.07, 6.45) is 4.01. The highest BCUT2D eigenvalue weighted by Gasteiger charge is 2.63. The van der Waals surface area contributed by atoms with Gasteiger partial charge in [0.2, 0.25) is 0 Å². The SMILES string of the molecule is CC12C[C@H](c3ccc(OCCN)cc3)C3c4ccc(O)cc4CCC3(N)C1CCC2=O. The highest BCUT2D eigenvalue weighted by Crippen LogP contribution is 2.64. The van der Waals surface area contributed by atoms with Crippen LogP contribution in [0, 0.1) is 11.3 Å². The number of hydrogen-bond acceptors (Lipinski definition) is 5. The summed E-state index contributed by atoms with van der Waals surface area (Å²) in [4.78, 5) is 13.1. The third-order valence-corrected chi connectivity index (χ3v) is 8.32. The Morgan fingerprint density at radius 1 is 1.16 bits per heavy atom. The Kier molecular flexibility index (Phi) is 4.87. The zero-order valence-electron chi connectivity index (χ0n) is 18.1. The number of phenols is 1. The number of hydrogen-bond donors (Lipinski definition) is 3. The molecule has 5 nitrogen and oxygen atoms in total. The van der Waals surface area contributed by atoms with Gasteiger partial charge in [0.15, 0.2) is 0 Å². The molecule has 0 amide bonds. The third kappa shape index (κ3) is 3.09. The van der Waals surface area contributed by atoms with Gasteiger partial charge in [-0.2, -0.15) is 0 Å². The van der Waals surface area contributed by atoms with Gasteiger partial charge in [-0.05, 0) is 78.5 Å². The maximum absolute atomic E-state index is 13.1. The van der Waals surface area contributed by atoms with Crippen LogP contribution in [-0.2, 0) is 11.2 Å². The van der Waals surface area contributed by atoms with E-state index in [1.54, 1.807) is 6.07 Å². The molecule has 2 aromatic rings. The molecule has 0 bridgehead atoms. The molecule has 0 spiro atoms. The largest absolute Gasteiger partial charge is 0.508 e. The predicted octanol–water partition coefficient (Wildman–Crippen LogP) is 3.63. The van der Waals surface area contributed by atoms with Gasteiger partial charge >= 0.3 is 0 Å². The molecular weight excluding hydrogens is 388 g/mol. The topological polar surface area (TPSA) is 98.6 Å². The number of nitrogens with two attached hydrogens (primary N) is 2. The third-order valence-electron chi connectivity index (χ3n) is 8.32. The molecule has 2 saturated carbocycles. The van der Waals surface area contributed by atoms with E-state index in [0.29, 0.717) is 31.1 Å². The summed E-state index contributed by atoms with van der Waals surface area (Å²) < 4.78 is 5.67. The Morgan fingerprint density at radius 2 is 1.94 bits per heavy atom. The van der Waals surface area contributed by atoms with Crippen LogP contribution < -0.4 is 16.2 Å². The van der Waals surface area contributed by atoms with Crippen molar-refractivity contribution < 1.29 is 14.6 Å². The van der Waals surface area contributed by atoms with Crippen molar-refractivity contribution in [2.24, 2.45) is 22.8 Å². The monoisotopic (exact) mass is 420 g/mol. The summed E-state index contributed by atoms with van der Waals surface area (Å²) in [5, 5.41) is 10.1. The van der Waals surface area contributed by atoms with Crippen molar-refractivity contribution in [2.45, 2.75) is 56.4 Å². The molecule has 5 heteroatoms. The van der Waals surface area contributed by atoms with Crippen molar-refractivity contribution in [3.63, 3.8) is 0 Å². The van der Waals surface area contributed by atoms with Gasteiger partial charge in [0.05, 0.1) is 0 Å². The van der Waals surface area contributed by atoms with Crippen LogP contribution in [0.15, 0.2) is 42.5 Å². The molecule has 31 heavy (non-hydrogen) atoms. The summed E-state index contributed by atoms with van der Waals surface area (Å²) in [7, 11) is 0. The highest BCUT2D eigenvalue weighted by atomic mass is 16.5. The number of carbonyl (C=O) groups excluding carboxylic acids is 1. The second kappa shape index (κ2) is 7.35. The second-order valence-electron chi connectivity index (χ2n) is 9.92. The molecule has 5 rings (SSSR count). The summed E-state index contributed by atoms with van der Waals surface area (Å²) in [5.74, 6) is 1.93. The minimum Gasteiger partial charge on any atom is -0.508 e. The fraction of sp³-hybridized carbons (Fsp3) is 0.500. The zero-order valence-corrected chi connectivity index (χ0v) is 18.1. The number of ketones is 1. The first-order chi connectivity index (χ1) is 14.9. The van der Waals surface area contributed by atoms with E-state index < -0.39 is 5.54 Å². The molecule has 164 valence electrons. The van der Waals surface area contributed by atoms with Gasteiger partial charge in [0.25, 0.3) is 0 Å². The van der Waals surface area contributed by atoms with Crippen LogP contribution >= 0.6 is 0 Å². The number of fused-ring (bicyclic) bond motifs is 5. The summed E-state index contributed by atoms with van der Waals surface area (Å²) in [6.45, 7) is 3.12. The lowest BCUT2D eigenvalue weighted by Crippen LogP contribution is -2.63. The van der Waals surface area contributed by atoms with E-state index >= 15 is 0 Å². The zero-order chi connectivity index (χ0) is 21.8. The molecule has 2 fully saturated rings. The van der Waals surface area contributed by atoms with E-state index in [2.05, 4.69) is 25.1 Å². The molecular formula is C26H32N2O3. The van der Waals surface area contributed by atoms with Crippen LogP contribution in [0.1, 0.15) is 61.1 Å². The average molecular weight is 421 g/mol. The van der Waals surface area contributed by atoms with E-state index in [0.717, 1.165) is 31.4 Å². The first-order valence-electron chi connectivity index (χ1n) is 11.4. The number of benzene rings is 2. The molecule has 0 saturated heterocycles. The van der Waals surface area contributed by atoms with Crippen LogP contribution in [0.4, 0.5) is 0 Å². The molecule has 3 aliphatic carbocycles. The van der Waals surface area contributed by atoms with Gasteiger partial charge < -0.3 is 21.3 Å². The number of phenolic OH excluding ortho intramolecular Hbond substituents is 1. The van der Waals surface area contributed by atoms with Crippen LogP contribution in [0.5, 0.6) is 11.5 Å². The van der Waals surface area contributed by atoms with E-state index in [-0.39, 0.29) is 23.2 Å². The van der Waals surface area contributed by atoms with Crippen molar-refractivity contribution in [3.8, 4) is 11.5 Å². The lowest BCUT2D eigenvalue weighted by atomic mass is 9.47. The number of carbonyl (C=O) groups is 1. The fourth-order valence-corrected chi connectivity index (χ4v) is 6.96. The molecule has 0 aliphatic heterocycles.